The molecule has 0 amide bonds. The van der Waals surface area contributed by atoms with E-state index >= 15 is 0 Å². The molecule has 0 spiro atoms. The van der Waals surface area contributed by atoms with E-state index in [0.717, 1.165) is 53.1 Å². The van der Waals surface area contributed by atoms with E-state index in [-0.39, 0.29) is 0 Å². The molecule has 98 valence electrons. The molecule has 0 fully saturated rings. The quantitative estimate of drug-likeness (QED) is 0.848. The number of halogens is 1. The molecule has 3 rings (SSSR count). The molecule has 0 bridgehead atoms. The van der Waals surface area contributed by atoms with Crippen molar-refractivity contribution < 1.29 is 0 Å². The average molecular weight is 320 g/mol. The highest BCUT2D eigenvalue weighted by Crippen LogP contribution is 2.28. The number of nitrogens with zero attached hydrogens (tertiary/aromatic N) is 3. The number of hydrogen-bond donors (Lipinski definition) is 2. The molecular formula is C13H14BrN5. The lowest BCUT2D eigenvalue weighted by Crippen LogP contribution is -2.30. The molecule has 0 saturated carbocycles. The van der Waals surface area contributed by atoms with E-state index in [1.807, 2.05) is 12.1 Å². The molecule has 1 aromatic heterocycles. The van der Waals surface area contributed by atoms with Gasteiger partial charge in [-0.1, -0.05) is 0 Å². The molecule has 19 heavy (non-hydrogen) atoms. The van der Waals surface area contributed by atoms with E-state index in [4.69, 9.17) is 0 Å². The summed E-state index contributed by atoms with van der Waals surface area (Å²) in [4.78, 5) is 13.1. The third-order valence-electron chi connectivity index (χ3n) is 2.98. The van der Waals surface area contributed by atoms with E-state index < -0.39 is 0 Å². The van der Waals surface area contributed by atoms with Crippen LogP contribution in [0.3, 0.4) is 0 Å². The maximum atomic E-state index is 4.48. The van der Waals surface area contributed by atoms with Gasteiger partial charge >= 0.3 is 0 Å². The van der Waals surface area contributed by atoms with Crippen molar-refractivity contribution in [3.8, 4) is 0 Å². The van der Waals surface area contributed by atoms with Crippen molar-refractivity contribution in [2.75, 3.05) is 18.4 Å². The summed E-state index contributed by atoms with van der Waals surface area (Å²) in [6.45, 7) is 1.82. The van der Waals surface area contributed by atoms with E-state index in [0.29, 0.717) is 0 Å². The largest absolute Gasteiger partial charge is 0.356 e. The average Bonchev–Trinajstić information content (AvgIpc) is 2.71. The lowest BCUT2D eigenvalue weighted by atomic mass is 10.2. The van der Waals surface area contributed by atoms with Gasteiger partial charge in [-0.2, -0.15) is 0 Å². The summed E-state index contributed by atoms with van der Waals surface area (Å²) in [6.07, 6.45) is 5.67. The molecule has 0 radical (unpaired) electrons. The topological polar surface area (TPSA) is 62.2 Å². The van der Waals surface area contributed by atoms with Crippen molar-refractivity contribution in [3.63, 3.8) is 0 Å². The summed E-state index contributed by atoms with van der Waals surface area (Å²) < 4.78 is 0.909. The van der Waals surface area contributed by atoms with Gasteiger partial charge in [0, 0.05) is 25.5 Å². The van der Waals surface area contributed by atoms with Crippen LogP contribution in [0.25, 0.3) is 11.0 Å². The predicted octanol–water partition coefficient (Wildman–Crippen LogP) is 2.54. The van der Waals surface area contributed by atoms with Crippen LogP contribution in [0.15, 0.2) is 34.0 Å². The van der Waals surface area contributed by atoms with Gasteiger partial charge in [0.05, 0.1) is 15.7 Å². The molecule has 5 nitrogen and oxygen atoms in total. The third kappa shape index (κ3) is 2.68. The van der Waals surface area contributed by atoms with Crippen molar-refractivity contribution in [2.24, 2.45) is 4.99 Å². The lowest BCUT2D eigenvalue weighted by molar-refractivity contribution is 0.749. The number of aromatic nitrogens is 2. The van der Waals surface area contributed by atoms with E-state index in [9.17, 15) is 0 Å². The molecule has 6 heteroatoms. The molecule has 0 unspecified atom stereocenters. The zero-order valence-electron chi connectivity index (χ0n) is 10.4. The first-order chi connectivity index (χ1) is 9.34. The molecule has 0 aliphatic carbocycles. The molecular weight excluding hydrogens is 306 g/mol. The number of guanidine groups is 1. The fourth-order valence-electron chi connectivity index (χ4n) is 2.00. The molecule has 2 N–H and O–H groups in total. The molecule has 0 saturated heterocycles. The van der Waals surface area contributed by atoms with E-state index in [1.54, 1.807) is 12.4 Å². The predicted molar refractivity (Wildman–Crippen MR) is 80.4 cm³/mol. The second-order valence-corrected chi connectivity index (χ2v) is 5.13. The Balaban J connectivity index is 1.92. The van der Waals surface area contributed by atoms with Crippen LogP contribution in [0, 0.1) is 0 Å². The number of aliphatic imine (C=N–C) groups is 1. The van der Waals surface area contributed by atoms with E-state index in [2.05, 4.69) is 41.5 Å². The number of nitrogens with one attached hydrogen (secondary N) is 2. The molecule has 2 heterocycles. The van der Waals surface area contributed by atoms with E-state index in [1.165, 1.54) is 0 Å². The first-order valence-electron chi connectivity index (χ1n) is 6.29. The van der Waals surface area contributed by atoms with Gasteiger partial charge in [0.25, 0.3) is 0 Å². The Kier molecular flexibility index (Phi) is 3.59. The molecule has 1 aliphatic heterocycles. The standard InChI is InChI=1S/C13H14BrN5/c14-11-9(19-13-17-5-1-2-6-18-13)3-4-10-12(11)16-8-7-15-10/h3-4,7-8H,1-2,5-6H2,(H2,17,18,19). The van der Waals surface area contributed by atoms with Gasteiger partial charge in [-0.05, 0) is 40.9 Å². The number of anilines is 1. The SMILES string of the molecule is Brc1c(NC2=NCCCCN2)ccc2nccnc12. The molecule has 1 aliphatic rings. The minimum absolute atomic E-state index is 0.821. The second kappa shape index (κ2) is 5.52. The van der Waals surface area contributed by atoms with Crippen LogP contribution in [0.5, 0.6) is 0 Å². The Morgan fingerprint density at radius 2 is 2.05 bits per heavy atom. The lowest BCUT2D eigenvalue weighted by Gasteiger charge is -2.12. The normalized spacial score (nSPS) is 15.5. The van der Waals surface area contributed by atoms with Crippen molar-refractivity contribution in [2.45, 2.75) is 12.8 Å². The highest BCUT2D eigenvalue weighted by Gasteiger charge is 2.09. The maximum Gasteiger partial charge on any atom is 0.195 e. The summed E-state index contributed by atoms with van der Waals surface area (Å²) >= 11 is 3.58. The zero-order valence-corrected chi connectivity index (χ0v) is 11.9. The monoisotopic (exact) mass is 319 g/mol. The van der Waals surface area contributed by atoms with Gasteiger partial charge in [0.2, 0.25) is 0 Å². The molecule has 1 aromatic carbocycles. The van der Waals surface area contributed by atoms with Crippen LogP contribution in [-0.2, 0) is 0 Å². The molecule has 2 aromatic rings. The first kappa shape index (κ1) is 12.3. The van der Waals surface area contributed by atoms with Crippen LogP contribution in [0.1, 0.15) is 12.8 Å². The number of benzene rings is 1. The zero-order chi connectivity index (χ0) is 13.1. The Hall–Kier alpha value is -1.69. The Bertz CT molecular complexity index is 625. The van der Waals surface area contributed by atoms with Crippen molar-refractivity contribution in [1.82, 2.24) is 15.3 Å². The Labute approximate surface area is 119 Å². The first-order valence-corrected chi connectivity index (χ1v) is 7.08. The smallest absolute Gasteiger partial charge is 0.195 e. The van der Waals surface area contributed by atoms with Gasteiger partial charge < -0.3 is 10.6 Å². The van der Waals surface area contributed by atoms with Gasteiger partial charge in [0.1, 0.15) is 5.52 Å². The van der Waals surface area contributed by atoms with Crippen LogP contribution in [0.2, 0.25) is 0 Å². The van der Waals surface area contributed by atoms with Crippen LogP contribution >= 0.6 is 15.9 Å². The fourth-order valence-corrected chi connectivity index (χ4v) is 2.54. The highest BCUT2D eigenvalue weighted by atomic mass is 79.9. The summed E-state index contributed by atoms with van der Waals surface area (Å²) in [5.74, 6) is 0.821. The van der Waals surface area contributed by atoms with Crippen LogP contribution < -0.4 is 10.6 Å². The minimum atomic E-state index is 0.821. The number of rotatable bonds is 1. The summed E-state index contributed by atoms with van der Waals surface area (Å²) in [5.41, 5.74) is 2.67. The van der Waals surface area contributed by atoms with Gasteiger partial charge in [0.15, 0.2) is 5.96 Å². The van der Waals surface area contributed by atoms with Crippen molar-refractivity contribution in [3.05, 3.63) is 29.0 Å². The fraction of sp³-hybridized carbons (Fsp3) is 0.308. The second-order valence-electron chi connectivity index (χ2n) is 4.34. The summed E-state index contributed by atoms with van der Waals surface area (Å²) in [5, 5.41) is 6.59. The highest BCUT2D eigenvalue weighted by molar-refractivity contribution is 9.10. The summed E-state index contributed by atoms with van der Waals surface area (Å²) in [6, 6.07) is 3.93. The Morgan fingerprint density at radius 1 is 1.16 bits per heavy atom. The van der Waals surface area contributed by atoms with Gasteiger partial charge in [-0.3, -0.25) is 15.0 Å². The van der Waals surface area contributed by atoms with Gasteiger partial charge in [-0.15, -0.1) is 0 Å². The summed E-state index contributed by atoms with van der Waals surface area (Å²) in [7, 11) is 0. The minimum Gasteiger partial charge on any atom is -0.356 e. The third-order valence-corrected chi connectivity index (χ3v) is 3.78. The van der Waals surface area contributed by atoms with Crippen molar-refractivity contribution >= 4 is 38.6 Å². The Morgan fingerprint density at radius 3 is 3.00 bits per heavy atom. The molecule has 0 atom stereocenters. The van der Waals surface area contributed by atoms with Crippen LogP contribution in [0.4, 0.5) is 5.69 Å². The van der Waals surface area contributed by atoms with Gasteiger partial charge in [-0.25, -0.2) is 0 Å². The van der Waals surface area contributed by atoms with Crippen LogP contribution in [-0.4, -0.2) is 29.0 Å². The maximum absolute atomic E-state index is 4.48. The number of fused-ring (bicyclic) bond motifs is 1. The number of hydrogen-bond acceptors (Lipinski definition) is 5. The van der Waals surface area contributed by atoms with Crippen molar-refractivity contribution in [1.29, 1.82) is 0 Å².